The molecule has 0 fully saturated rings. The molecule has 7 aromatic rings. The summed E-state index contributed by atoms with van der Waals surface area (Å²) in [5.74, 6) is 40.4. The van der Waals surface area contributed by atoms with E-state index in [2.05, 4.69) is 167 Å². The van der Waals surface area contributed by atoms with E-state index < -0.39 is 0 Å². The van der Waals surface area contributed by atoms with E-state index >= 15 is 0 Å². The Kier molecular flexibility index (Phi) is 13.6. The molecule has 0 atom stereocenters. The van der Waals surface area contributed by atoms with Crippen LogP contribution in [-0.4, -0.2) is 0 Å². The van der Waals surface area contributed by atoms with E-state index in [4.69, 9.17) is 17.2 Å². The van der Waals surface area contributed by atoms with Crippen LogP contribution in [0.1, 0.15) is 117 Å². The molecule has 0 aromatic heterocycles. The van der Waals surface area contributed by atoms with Gasteiger partial charge in [-0.05, 0) is 203 Å². The third kappa shape index (κ3) is 11.9. The Morgan fingerprint density at radius 1 is 0.212 bits per heavy atom. The van der Waals surface area contributed by atoms with Gasteiger partial charge in [0.2, 0.25) is 0 Å². The summed E-state index contributed by atoms with van der Waals surface area (Å²) >= 11 is 0. The van der Waals surface area contributed by atoms with Gasteiger partial charge in [0.15, 0.2) is 0 Å². The molecular weight excluding hydrogens is 799 g/mol. The zero-order chi connectivity index (χ0) is 47.1. The molecule has 0 saturated carbocycles. The van der Waals surface area contributed by atoms with Gasteiger partial charge in [-0.2, -0.15) is 0 Å². The molecule has 0 heterocycles. The van der Waals surface area contributed by atoms with Crippen LogP contribution in [0, 0.1) is 133 Å². The van der Waals surface area contributed by atoms with Gasteiger partial charge in [-0.1, -0.05) is 89.2 Å². The van der Waals surface area contributed by atoms with Crippen molar-refractivity contribution < 1.29 is 0 Å². The first-order valence-corrected chi connectivity index (χ1v) is 21.8. The molecule has 0 saturated heterocycles. The quantitative estimate of drug-likeness (QED) is 0.105. The third-order valence-corrected chi connectivity index (χ3v) is 10.9. The van der Waals surface area contributed by atoms with Crippen LogP contribution in [0.15, 0.2) is 109 Å². The summed E-state index contributed by atoms with van der Waals surface area (Å²) in [5, 5.41) is 0. The lowest BCUT2D eigenvalue weighted by molar-refractivity contribution is 1.37. The van der Waals surface area contributed by atoms with Crippen LogP contribution in [-0.2, 0) is 0 Å². The summed E-state index contributed by atoms with van der Waals surface area (Å²) in [7, 11) is 0. The van der Waals surface area contributed by atoms with Gasteiger partial charge in [0.05, 0.1) is 0 Å². The van der Waals surface area contributed by atoms with E-state index in [9.17, 15) is 0 Å². The van der Waals surface area contributed by atoms with E-state index in [1.165, 1.54) is 33.4 Å². The minimum Gasteiger partial charge on any atom is -0.399 e. The second-order valence-corrected chi connectivity index (χ2v) is 17.2. The molecule has 7 aromatic carbocycles. The first kappa shape index (κ1) is 45.3. The second-order valence-electron chi connectivity index (χ2n) is 17.2. The summed E-state index contributed by atoms with van der Waals surface area (Å²) < 4.78 is 0. The second kappa shape index (κ2) is 19.8. The zero-order valence-electron chi connectivity index (χ0n) is 39.1. The van der Waals surface area contributed by atoms with Gasteiger partial charge in [-0.15, -0.1) is 0 Å². The molecule has 318 valence electrons. The molecule has 7 rings (SSSR count). The predicted octanol–water partition coefficient (Wildman–Crippen LogP) is 11.6. The topological polar surface area (TPSA) is 78.1 Å². The van der Waals surface area contributed by atoms with Crippen LogP contribution in [0.3, 0.4) is 0 Å². The number of hydrogen-bond donors (Lipinski definition) is 3. The Hall–Kier alpha value is -8.70. The van der Waals surface area contributed by atoms with E-state index in [0.29, 0.717) is 17.1 Å². The van der Waals surface area contributed by atoms with Crippen LogP contribution in [0.4, 0.5) is 17.1 Å². The first-order chi connectivity index (χ1) is 31.5. The van der Waals surface area contributed by atoms with Crippen molar-refractivity contribution in [3.05, 3.63) is 226 Å². The van der Waals surface area contributed by atoms with Crippen LogP contribution < -0.4 is 17.2 Å². The summed E-state index contributed by atoms with van der Waals surface area (Å²) in [6.07, 6.45) is 0. The molecule has 0 unspecified atom stereocenters. The number of rotatable bonds is 0. The van der Waals surface area contributed by atoms with Gasteiger partial charge in [-0.25, -0.2) is 0 Å². The van der Waals surface area contributed by atoms with Crippen molar-refractivity contribution in [2.24, 2.45) is 0 Å². The third-order valence-electron chi connectivity index (χ3n) is 10.9. The van der Waals surface area contributed by atoms with Crippen molar-refractivity contribution in [2.75, 3.05) is 17.2 Å². The van der Waals surface area contributed by atoms with E-state index in [-0.39, 0.29) is 0 Å². The van der Waals surface area contributed by atoms with Gasteiger partial charge >= 0.3 is 0 Å². The van der Waals surface area contributed by atoms with Crippen molar-refractivity contribution in [2.45, 2.75) is 62.3 Å². The van der Waals surface area contributed by atoms with E-state index in [1.54, 1.807) is 0 Å². The maximum atomic E-state index is 6.43. The highest BCUT2D eigenvalue weighted by atomic mass is 14.5. The van der Waals surface area contributed by atoms with Crippen molar-refractivity contribution in [1.29, 1.82) is 0 Å². The van der Waals surface area contributed by atoms with E-state index in [1.807, 2.05) is 75.4 Å². The molecule has 0 aliphatic rings. The Bertz CT molecular complexity index is 3080. The average molecular weight is 850 g/mol. The molecular formula is C63H51N3. The number of aryl methyl sites for hydroxylation is 6. The summed E-state index contributed by atoms with van der Waals surface area (Å²) in [6, 6.07) is 36.2. The molecule has 3 nitrogen and oxygen atoms in total. The highest BCUT2D eigenvalue weighted by Gasteiger charge is 2.07. The van der Waals surface area contributed by atoms with Crippen LogP contribution in [0.5, 0.6) is 0 Å². The Balaban J connectivity index is 1.30. The van der Waals surface area contributed by atoms with Crippen molar-refractivity contribution in [3.63, 3.8) is 0 Å². The molecule has 66 heavy (non-hydrogen) atoms. The fraction of sp³-hybridized carbons (Fsp3) is 0.143. The predicted molar refractivity (Wildman–Crippen MR) is 277 cm³/mol. The molecule has 0 aliphatic heterocycles. The number of benzene rings is 7. The highest BCUT2D eigenvalue weighted by Crippen LogP contribution is 2.22. The normalized spacial score (nSPS) is 9.95. The molecule has 0 spiro atoms. The monoisotopic (exact) mass is 849 g/mol. The van der Waals surface area contributed by atoms with Gasteiger partial charge < -0.3 is 17.2 Å². The Labute approximate surface area is 391 Å². The molecule has 0 bridgehead atoms. The Morgan fingerprint density at radius 3 is 0.561 bits per heavy atom. The highest BCUT2D eigenvalue weighted by molar-refractivity contribution is 5.66. The fourth-order valence-electron chi connectivity index (χ4n) is 7.81. The van der Waals surface area contributed by atoms with Gasteiger partial charge in [0, 0.05) is 83.8 Å². The summed E-state index contributed by atoms with van der Waals surface area (Å²) in [5.41, 5.74) is 40.9. The molecule has 0 amide bonds. The molecule has 0 aliphatic carbocycles. The largest absolute Gasteiger partial charge is 0.399 e. The zero-order valence-corrected chi connectivity index (χ0v) is 39.1. The van der Waals surface area contributed by atoms with Crippen LogP contribution >= 0.6 is 0 Å². The van der Waals surface area contributed by atoms with Crippen molar-refractivity contribution in [3.8, 4) is 71.0 Å². The minimum atomic E-state index is 0.590. The SMILES string of the molecule is Cc1cc(C)cc(C#Cc2cc(N)cc(C#Cc3cc(C#Cc4cc(N)cc(C#Cc5cc(C)cc(C)c5)c4C)cc(C#Cc4cc(N)cc(C#Cc5cc(C)cc(C)c5)c4C)c3)c2C)c1. The van der Waals surface area contributed by atoms with E-state index in [0.717, 1.165) is 83.5 Å². The number of hydrogen-bond acceptors (Lipinski definition) is 3. The maximum absolute atomic E-state index is 6.43. The van der Waals surface area contributed by atoms with Gasteiger partial charge in [-0.3, -0.25) is 0 Å². The van der Waals surface area contributed by atoms with Gasteiger partial charge in [0.1, 0.15) is 0 Å². The van der Waals surface area contributed by atoms with Crippen molar-refractivity contribution >= 4 is 17.1 Å². The molecule has 6 N–H and O–H groups in total. The number of nitrogens with two attached hydrogens (primary N) is 3. The fourth-order valence-corrected chi connectivity index (χ4v) is 7.81. The number of anilines is 3. The lowest BCUT2D eigenvalue weighted by Gasteiger charge is -2.05. The van der Waals surface area contributed by atoms with Crippen LogP contribution in [0.25, 0.3) is 0 Å². The molecule has 0 radical (unpaired) electrons. The lowest BCUT2D eigenvalue weighted by Crippen LogP contribution is -1.95. The summed E-state index contributed by atoms with van der Waals surface area (Å²) in [4.78, 5) is 0. The van der Waals surface area contributed by atoms with Crippen LogP contribution in [0.2, 0.25) is 0 Å². The number of nitrogen functional groups attached to an aromatic ring is 3. The average Bonchev–Trinajstić information content (AvgIpc) is 3.24. The lowest BCUT2D eigenvalue weighted by atomic mass is 9.99. The summed E-state index contributed by atoms with van der Waals surface area (Å²) in [6.45, 7) is 18.5. The first-order valence-electron chi connectivity index (χ1n) is 21.8. The Morgan fingerprint density at radius 2 is 0.379 bits per heavy atom. The maximum Gasteiger partial charge on any atom is 0.0339 e. The molecule has 3 heteroatoms. The minimum absolute atomic E-state index is 0.590. The van der Waals surface area contributed by atoms with Gasteiger partial charge in [0.25, 0.3) is 0 Å². The standard InChI is InChI=1S/C63H51N3/c1-40-22-41(2)26-49(25-40)10-16-55-34-61(64)37-58(46(55)7)19-13-52-31-53(14-20-59-38-62(65)35-56(47(59)8)17-11-50-27-42(3)23-43(4)28-50)33-54(32-52)15-21-60-39-63(66)36-57(48(60)9)18-12-51-29-44(5)24-45(6)30-51/h22-39H,64-66H2,1-9H3. The smallest absolute Gasteiger partial charge is 0.0339 e. The van der Waals surface area contributed by atoms with Crippen molar-refractivity contribution in [1.82, 2.24) is 0 Å².